The van der Waals surface area contributed by atoms with Crippen LogP contribution >= 0.6 is 11.3 Å². The second kappa shape index (κ2) is 14.6. The zero-order chi connectivity index (χ0) is 31.0. The highest BCUT2D eigenvalue weighted by Crippen LogP contribution is 2.29. The van der Waals surface area contributed by atoms with Crippen LogP contribution in [0.25, 0.3) is 10.4 Å². The summed E-state index contributed by atoms with van der Waals surface area (Å²) in [6, 6.07) is 5.85. The molecule has 0 aliphatic carbocycles. The van der Waals surface area contributed by atoms with E-state index >= 15 is 0 Å². The number of hydrogen-bond acceptors (Lipinski definition) is 8. The van der Waals surface area contributed by atoms with Gasteiger partial charge < -0.3 is 31.1 Å². The maximum absolute atomic E-state index is 13.8. The van der Waals surface area contributed by atoms with Crippen molar-refractivity contribution in [2.24, 2.45) is 11.1 Å². The fourth-order valence-corrected chi connectivity index (χ4v) is 5.80. The highest BCUT2D eigenvalue weighted by Gasteiger charge is 2.44. The van der Waals surface area contributed by atoms with Gasteiger partial charge in [0.2, 0.25) is 17.7 Å². The number of aliphatic hydroxyl groups excluding tert-OH is 1. The molecule has 4 amide bonds. The van der Waals surface area contributed by atoms with Gasteiger partial charge in [0.1, 0.15) is 12.1 Å². The topological polar surface area (TPSA) is 164 Å². The predicted octanol–water partition coefficient (Wildman–Crippen LogP) is 3.44. The van der Waals surface area contributed by atoms with E-state index in [1.165, 1.54) is 4.90 Å². The summed E-state index contributed by atoms with van der Waals surface area (Å²) in [5, 5.41) is 16.3. The van der Waals surface area contributed by atoms with Gasteiger partial charge in [0.15, 0.2) is 0 Å². The summed E-state index contributed by atoms with van der Waals surface area (Å²) in [5.41, 5.74) is 9.05. The minimum atomic E-state index is -0.885. The van der Waals surface area contributed by atoms with E-state index in [0.29, 0.717) is 19.3 Å². The third-order valence-corrected chi connectivity index (χ3v) is 8.33. The SMILES string of the molecule is Cc1ncsc1-c1ccc([C@H](C)NC(=O)[C@@H]2C[C@@H](O)CN2C(=O)[C@@H](NC(=O)CCCCCOC(N)=O)C(C)(C)C)cc1. The number of aromatic nitrogens is 1. The first-order chi connectivity index (χ1) is 19.8. The van der Waals surface area contributed by atoms with Gasteiger partial charge in [0.05, 0.1) is 34.8 Å². The number of benzene rings is 1. The first-order valence-electron chi connectivity index (χ1n) is 14.3. The second-order valence-electron chi connectivity index (χ2n) is 11.9. The Balaban J connectivity index is 1.62. The van der Waals surface area contributed by atoms with Crippen molar-refractivity contribution in [2.45, 2.75) is 91.0 Å². The molecule has 2 heterocycles. The fraction of sp³-hybridized carbons (Fsp3) is 0.567. The quantitative estimate of drug-likeness (QED) is 0.271. The number of nitrogens with zero attached hydrogens (tertiary/aromatic N) is 2. The fourth-order valence-electron chi connectivity index (χ4n) is 4.99. The van der Waals surface area contributed by atoms with Crippen LogP contribution in [0.4, 0.5) is 4.79 Å². The van der Waals surface area contributed by atoms with Crippen LogP contribution in [-0.4, -0.2) is 70.1 Å². The van der Waals surface area contributed by atoms with Crippen LogP contribution in [0.5, 0.6) is 0 Å². The minimum absolute atomic E-state index is 0.0104. The molecule has 1 saturated heterocycles. The maximum atomic E-state index is 13.8. The van der Waals surface area contributed by atoms with Crippen molar-refractivity contribution in [1.29, 1.82) is 0 Å². The van der Waals surface area contributed by atoms with E-state index in [9.17, 15) is 24.3 Å². The number of amides is 4. The number of hydrogen-bond donors (Lipinski definition) is 4. The average Bonchev–Trinajstić information content (AvgIpc) is 3.53. The molecule has 11 nitrogen and oxygen atoms in total. The number of thiazole rings is 1. The first kappa shape index (κ1) is 33.0. The summed E-state index contributed by atoms with van der Waals surface area (Å²) in [7, 11) is 0. The summed E-state index contributed by atoms with van der Waals surface area (Å²) >= 11 is 1.58. The number of likely N-dealkylation sites (tertiary alicyclic amines) is 1. The number of aryl methyl sites for hydroxylation is 1. The summed E-state index contributed by atoms with van der Waals surface area (Å²) < 4.78 is 4.69. The van der Waals surface area contributed by atoms with Crippen LogP contribution in [0.3, 0.4) is 0 Å². The van der Waals surface area contributed by atoms with Crippen LogP contribution in [0.2, 0.25) is 0 Å². The molecule has 0 unspecified atom stereocenters. The number of unbranched alkanes of at least 4 members (excludes halogenated alkanes) is 2. The summed E-state index contributed by atoms with van der Waals surface area (Å²) in [5.74, 6) is -1.04. The molecule has 1 aliphatic heterocycles. The molecular weight excluding hydrogens is 558 g/mol. The van der Waals surface area contributed by atoms with Crippen LogP contribution in [-0.2, 0) is 19.1 Å². The summed E-state index contributed by atoms with van der Waals surface area (Å²) in [6.07, 6.45) is 0.420. The largest absolute Gasteiger partial charge is 0.450 e. The normalized spacial score (nSPS) is 18.3. The van der Waals surface area contributed by atoms with E-state index in [0.717, 1.165) is 21.7 Å². The van der Waals surface area contributed by atoms with Crippen LogP contribution < -0.4 is 16.4 Å². The number of nitrogens with one attached hydrogen (secondary N) is 2. The molecule has 4 atom stereocenters. The van der Waals surface area contributed by atoms with Crippen molar-refractivity contribution in [1.82, 2.24) is 20.5 Å². The lowest BCUT2D eigenvalue weighted by atomic mass is 9.85. The monoisotopic (exact) mass is 601 g/mol. The van der Waals surface area contributed by atoms with Crippen LogP contribution in [0, 0.1) is 12.3 Å². The summed E-state index contributed by atoms with van der Waals surface area (Å²) in [4.78, 5) is 57.3. The average molecular weight is 602 g/mol. The molecule has 5 N–H and O–H groups in total. The van der Waals surface area contributed by atoms with Gasteiger partial charge in [-0.15, -0.1) is 11.3 Å². The standard InChI is InChI=1S/C30H43N5O6S/c1-18(20-10-12-21(13-11-20)25-19(2)32-17-42-25)33-27(38)23-15-22(36)16-35(23)28(39)26(30(3,4)5)34-24(37)9-7-6-8-14-41-29(31)40/h10-13,17-18,22-23,26,36H,6-9,14-16H2,1-5H3,(H2,31,40)(H,33,38)(H,34,37)/t18-,22+,23-,26+/m0/s1. The van der Waals surface area contributed by atoms with Gasteiger partial charge in [-0.3, -0.25) is 14.4 Å². The molecule has 0 saturated carbocycles. The lowest BCUT2D eigenvalue weighted by Crippen LogP contribution is -2.57. The van der Waals surface area contributed by atoms with E-state index in [4.69, 9.17) is 5.73 Å². The summed E-state index contributed by atoms with van der Waals surface area (Å²) in [6.45, 7) is 9.58. The molecule has 12 heteroatoms. The van der Waals surface area contributed by atoms with Crippen molar-refractivity contribution in [3.63, 3.8) is 0 Å². The van der Waals surface area contributed by atoms with Gasteiger partial charge in [-0.1, -0.05) is 45.0 Å². The van der Waals surface area contributed by atoms with Crippen molar-refractivity contribution < 1.29 is 29.0 Å². The molecule has 1 aromatic heterocycles. The Morgan fingerprint density at radius 1 is 1.14 bits per heavy atom. The molecule has 3 rings (SSSR count). The Morgan fingerprint density at radius 3 is 2.43 bits per heavy atom. The molecule has 42 heavy (non-hydrogen) atoms. The smallest absolute Gasteiger partial charge is 0.404 e. The number of β-amino-alcohol motifs (C(OH)–C–C–N with tert-alkyl or cyclic N) is 1. The number of aliphatic hydroxyl groups is 1. The number of ether oxygens (including phenoxy) is 1. The van der Waals surface area contributed by atoms with Crippen molar-refractivity contribution >= 4 is 35.2 Å². The minimum Gasteiger partial charge on any atom is -0.450 e. The van der Waals surface area contributed by atoms with Gasteiger partial charge >= 0.3 is 6.09 Å². The third-order valence-electron chi connectivity index (χ3n) is 7.35. The lowest BCUT2D eigenvalue weighted by Gasteiger charge is -2.35. The van der Waals surface area contributed by atoms with Gasteiger partial charge in [-0.25, -0.2) is 9.78 Å². The highest BCUT2D eigenvalue weighted by atomic mass is 32.1. The zero-order valence-corrected chi connectivity index (χ0v) is 25.8. The number of carbonyl (C=O) groups is 4. The van der Waals surface area contributed by atoms with Crippen LogP contribution in [0.15, 0.2) is 29.8 Å². The molecule has 1 fully saturated rings. The van der Waals surface area contributed by atoms with E-state index < -0.39 is 35.6 Å². The van der Waals surface area contributed by atoms with Gasteiger partial charge in [0, 0.05) is 19.4 Å². The van der Waals surface area contributed by atoms with E-state index in [1.807, 2.05) is 64.4 Å². The Morgan fingerprint density at radius 2 is 1.83 bits per heavy atom. The maximum Gasteiger partial charge on any atom is 0.404 e. The molecule has 2 aromatic rings. The van der Waals surface area contributed by atoms with Gasteiger partial charge in [0.25, 0.3) is 0 Å². The number of carbonyl (C=O) groups excluding carboxylic acids is 4. The third kappa shape index (κ3) is 8.99. The van der Waals surface area contributed by atoms with Crippen LogP contribution in [0.1, 0.15) is 77.1 Å². The second-order valence-corrected chi connectivity index (χ2v) is 12.7. The predicted molar refractivity (Wildman–Crippen MR) is 160 cm³/mol. The molecule has 1 aromatic carbocycles. The zero-order valence-electron chi connectivity index (χ0n) is 25.0. The number of nitrogens with two attached hydrogens (primary N) is 1. The molecule has 230 valence electrons. The number of primary amides is 1. The van der Waals surface area contributed by atoms with Crippen molar-refractivity contribution in [3.05, 3.63) is 41.0 Å². The van der Waals surface area contributed by atoms with Gasteiger partial charge in [-0.05, 0) is 49.7 Å². The van der Waals surface area contributed by atoms with E-state index in [-0.39, 0.29) is 43.8 Å². The lowest BCUT2D eigenvalue weighted by molar-refractivity contribution is -0.144. The molecule has 0 spiro atoms. The van der Waals surface area contributed by atoms with Crippen molar-refractivity contribution in [3.8, 4) is 10.4 Å². The highest BCUT2D eigenvalue weighted by molar-refractivity contribution is 7.13. The molecule has 0 radical (unpaired) electrons. The van der Waals surface area contributed by atoms with Gasteiger partial charge in [-0.2, -0.15) is 0 Å². The molecule has 1 aliphatic rings. The Labute approximate surface area is 251 Å². The Hall–Kier alpha value is -3.51. The van der Waals surface area contributed by atoms with Crippen molar-refractivity contribution in [2.75, 3.05) is 13.2 Å². The molecular formula is C30H43N5O6S. The first-order valence-corrected chi connectivity index (χ1v) is 15.2. The van der Waals surface area contributed by atoms with E-state index in [2.05, 4.69) is 20.4 Å². The Bertz CT molecular complexity index is 1240. The number of rotatable bonds is 12. The van der Waals surface area contributed by atoms with E-state index in [1.54, 1.807) is 11.3 Å². The molecule has 0 bridgehead atoms. The Kier molecular flexibility index (Phi) is 11.5.